The van der Waals surface area contributed by atoms with Gasteiger partial charge >= 0.3 is 0 Å². The molecule has 0 aromatic carbocycles. The second-order valence-electron chi connectivity index (χ2n) is 4.16. The Morgan fingerprint density at radius 2 is 2.14 bits per heavy atom. The Morgan fingerprint density at radius 1 is 1.50 bits per heavy atom. The molecule has 0 saturated heterocycles. The minimum absolute atomic E-state index is 0.0225. The van der Waals surface area contributed by atoms with E-state index in [1.807, 2.05) is 6.92 Å². The molecule has 0 amide bonds. The zero-order chi connectivity index (χ0) is 10.7. The third kappa shape index (κ3) is 2.76. The summed E-state index contributed by atoms with van der Waals surface area (Å²) in [4.78, 5) is 33.4. The van der Waals surface area contributed by atoms with Gasteiger partial charge in [-0.3, -0.25) is 14.4 Å². The normalized spacial score (nSPS) is 24.9. The van der Waals surface area contributed by atoms with Crippen molar-refractivity contribution in [3.8, 4) is 0 Å². The quantitative estimate of drug-likeness (QED) is 0.643. The van der Waals surface area contributed by atoms with Gasteiger partial charge in [-0.2, -0.15) is 0 Å². The molecule has 2 unspecified atom stereocenters. The van der Waals surface area contributed by atoms with E-state index in [4.69, 9.17) is 0 Å². The lowest BCUT2D eigenvalue weighted by Gasteiger charge is -2.21. The predicted octanol–water partition coefficient (Wildman–Crippen LogP) is 1.54. The predicted molar refractivity (Wildman–Crippen MR) is 51.8 cm³/mol. The van der Waals surface area contributed by atoms with Crippen molar-refractivity contribution < 1.29 is 14.4 Å². The van der Waals surface area contributed by atoms with E-state index in [0.29, 0.717) is 19.3 Å². The van der Waals surface area contributed by atoms with Crippen LogP contribution in [0.4, 0.5) is 0 Å². The summed E-state index contributed by atoms with van der Waals surface area (Å²) in [6, 6.07) is 0. The van der Waals surface area contributed by atoms with Crippen LogP contribution >= 0.6 is 0 Å². The van der Waals surface area contributed by atoms with E-state index in [-0.39, 0.29) is 35.6 Å². The fourth-order valence-electron chi connectivity index (χ4n) is 1.77. The average molecular weight is 196 g/mol. The van der Waals surface area contributed by atoms with Crippen molar-refractivity contribution in [3.63, 3.8) is 0 Å². The molecule has 1 rings (SSSR count). The number of hydrogen-bond acceptors (Lipinski definition) is 3. The van der Waals surface area contributed by atoms with E-state index in [2.05, 4.69) is 0 Å². The standard InChI is InChI=1S/C11H16O3/c1-7(8(2)12)5-9-3-4-10(13)6-11(9)14/h7,9H,3-6H2,1-2H3. The molecule has 3 nitrogen and oxygen atoms in total. The number of Topliss-reactive ketones (excluding diaryl/α,β-unsaturated/α-hetero) is 3. The summed E-state index contributed by atoms with van der Waals surface area (Å²) in [6.45, 7) is 3.38. The summed E-state index contributed by atoms with van der Waals surface area (Å²) in [5.41, 5.74) is 0. The first-order valence-electron chi connectivity index (χ1n) is 5.05. The molecule has 0 aromatic rings. The van der Waals surface area contributed by atoms with Crippen LogP contribution in [0.25, 0.3) is 0 Å². The summed E-state index contributed by atoms with van der Waals surface area (Å²) < 4.78 is 0. The molecule has 0 heterocycles. The lowest BCUT2D eigenvalue weighted by atomic mass is 9.81. The number of carbonyl (C=O) groups is 3. The first-order chi connectivity index (χ1) is 6.50. The van der Waals surface area contributed by atoms with Crippen molar-refractivity contribution in [1.82, 2.24) is 0 Å². The van der Waals surface area contributed by atoms with Crippen molar-refractivity contribution in [2.45, 2.75) is 39.5 Å². The fraction of sp³-hybridized carbons (Fsp3) is 0.727. The Hall–Kier alpha value is -0.990. The molecular formula is C11H16O3. The highest BCUT2D eigenvalue weighted by Crippen LogP contribution is 2.25. The van der Waals surface area contributed by atoms with Gasteiger partial charge in [-0.25, -0.2) is 0 Å². The molecule has 3 heteroatoms. The molecule has 0 bridgehead atoms. The van der Waals surface area contributed by atoms with Gasteiger partial charge in [0.2, 0.25) is 0 Å². The van der Waals surface area contributed by atoms with E-state index in [1.54, 1.807) is 6.92 Å². The monoisotopic (exact) mass is 196 g/mol. The molecule has 78 valence electrons. The van der Waals surface area contributed by atoms with Crippen LogP contribution in [-0.4, -0.2) is 17.3 Å². The highest BCUT2D eigenvalue weighted by molar-refractivity contribution is 6.02. The van der Waals surface area contributed by atoms with Crippen LogP contribution in [0.1, 0.15) is 39.5 Å². The minimum atomic E-state index is -0.0633. The van der Waals surface area contributed by atoms with Crippen LogP contribution < -0.4 is 0 Å². The van der Waals surface area contributed by atoms with Crippen molar-refractivity contribution in [2.24, 2.45) is 11.8 Å². The Morgan fingerprint density at radius 3 is 2.64 bits per heavy atom. The van der Waals surface area contributed by atoms with Gasteiger partial charge in [0.1, 0.15) is 17.3 Å². The molecule has 1 saturated carbocycles. The molecule has 0 N–H and O–H groups in total. The lowest BCUT2D eigenvalue weighted by molar-refractivity contribution is -0.133. The van der Waals surface area contributed by atoms with Crippen LogP contribution in [0.3, 0.4) is 0 Å². The van der Waals surface area contributed by atoms with Crippen molar-refractivity contribution in [2.75, 3.05) is 0 Å². The Bertz CT molecular complexity index is 268. The maximum Gasteiger partial charge on any atom is 0.143 e. The summed E-state index contributed by atoms with van der Waals surface area (Å²) in [6.07, 6.45) is 1.83. The highest BCUT2D eigenvalue weighted by atomic mass is 16.2. The maximum absolute atomic E-state index is 11.4. The van der Waals surface area contributed by atoms with Gasteiger partial charge < -0.3 is 0 Å². The van der Waals surface area contributed by atoms with Crippen molar-refractivity contribution in [1.29, 1.82) is 0 Å². The molecule has 1 aliphatic carbocycles. The van der Waals surface area contributed by atoms with Crippen LogP contribution in [0, 0.1) is 11.8 Å². The van der Waals surface area contributed by atoms with Gasteiger partial charge in [0.05, 0.1) is 6.42 Å². The molecule has 0 aliphatic heterocycles. The van der Waals surface area contributed by atoms with E-state index >= 15 is 0 Å². The van der Waals surface area contributed by atoms with Gasteiger partial charge in [-0.15, -0.1) is 0 Å². The zero-order valence-electron chi connectivity index (χ0n) is 8.71. The lowest BCUT2D eigenvalue weighted by Crippen LogP contribution is -2.27. The average Bonchev–Trinajstić information content (AvgIpc) is 2.09. The second kappa shape index (κ2) is 4.49. The highest BCUT2D eigenvalue weighted by Gasteiger charge is 2.28. The van der Waals surface area contributed by atoms with Crippen LogP contribution in [0.5, 0.6) is 0 Å². The summed E-state index contributed by atoms with van der Waals surface area (Å²) in [7, 11) is 0. The molecule has 0 aromatic heterocycles. The first-order valence-corrected chi connectivity index (χ1v) is 5.05. The SMILES string of the molecule is CC(=O)C(C)CC1CCC(=O)CC1=O. The van der Waals surface area contributed by atoms with E-state index < -0.39 is 0 Å². The largest absolute Gasteiger partial charge is 0.300 e. The number of hydrogen-bond donors (Lipinski definition) is 0. The zero-order valence-corrected chi connectivity index (χ0v) is 8.71. The topological polar surface area (TPSA) is 51.2 Å². The van der Waals surface area contributed by atoms with Gasteiger partial charge in [-0.05, 0) is 19.8 Å². The van der Waals surface area contributed by atoms with Gasteiger partial charge in [0, 0.05) is 18.3 Å². The first kappa shape index (κ1) is 11.1. The molecular weight excluding hydrogens is 180 g/mol. The smallest absolute Gasteiger partial charge is 0.143 e. The fourth-order valence-corrected chi connectivity index (χ4v) is 1.77. The third-order valence-corrected chi connectivity index (χ3v) is 2.93. The molecule has 0 radical (unpaired) electrons. The third-order valence-electron chi connectivity index (χ3n) is 2.93. The van der Waals surface area contributed by atoms with Crippen LogP contribution in [-0.2, 0) is 14.4 Å². The molecule has 1 fully saturated rings. The Kier molecular flexibility index (Phi) is 3.55. The maximum atomic E-state index is 11.4. The summed E-state index contributed by atoms with van der Waals surface area (Å²) >= 11 is 0. The Labute approximate surface area is 83.9 Å². The van der Waals surface area contributed by atoms with Gasteiger partial charge in [-0.1, -0.05) is 6.92 Å². The van der Waals surface area contributed by atoms with E-state index in [1.165, 1.54) is 0 Å². The summed E-state index contributed by atoms with van der Waals surface area (Å²) in [5, 5.41) is 0. The Balaban J connectivity index is 2.49. The van der Waals surface area contributed by atoms with Gasteiger partial charge in [0.25, 0.3) is 0 Å². The molecule has 1 aliphatic rings. The van der Waals surface area contributed by atoms with Crippen LogP contribution in [0.2, 0.25) is 0 Å². The van der Waals surface area contributed by atoms with Crippen molar-refractivity contribution in [3.05, 3.63) is 0 Å². The van der Waals surface area contributed by atoms with E-state index in [9.17, 15) is 14.4 Å². The molecule has 0 spiro atoms. The second-order valence-corrected chi connectivity index (χ2v) is 4.16. The number of ketones is 3. The van der Waals surface area contributed by atoms with Crippen molar-refractivity contribution >= 4 is 17.3 Å². The van der Waals surface area contributed by atoms with E-state index in [0.717, 1.165) is 0 Å². The molecule has 14 heavy (non-hydrogen) atoms. The molecule has 2 atom stereocenters. The number of rotatable bonds is 3. The van der Waals surface area contributed by atoms with Gasteiger partial charge in [0.15, 0.2) is 0 Å². The number of carbonyl (C=O) groups excluding carboxylic acids is 3. The van der Waals surface area contributed by atoms with Crippen LogP contribution in [0.15, 0.2) is 0 Å². The minimum Gasteiger partial charge on any atom is -0.300 e. The summed E-state index contributed by atoms with van der Waals surface area (Å²) in [5.74, 6) is 0.0644.